The Labute approximate surface area is 144 Å². The minimum Gasteiger partial charge on any atom is -0.462 e. The molecule has 1 amide bonds. The second-order valence-corrected chi connectivity index (χ2v) is 6.89. The van der Waals surface area contributed by atoms with Gasteiger partial charge in [-0.25, -0.2) is 4.98 Å². The first kappa shape index (κ1) is 16.1. The van der Waals surface area contributed by atoms with Crippen molar-refractivity contribution < 1.29 is 9.53 Å². The highest BCUT2D eigenvalue weighted by atomic mass is 32.1. The number of amidine groups is 1. The van der Waals surface area contributed by atoms with Crippen LogP contribution in [0.4, 0.5) is 5.13 Å². The van der Waals surface area contributed by atoms with Gasteiger partial charge in [0.2, 0.25) is 5.91 Å². The van der Waals surface area contributed by atoms with Gasteiger partial charge in [-0.15, -0.1) is 11.3 Å². The van der Waals surface area contributed by atoms with E-state index >= 15 is 0 Å². The van der Waals surface area contributed by atoms with Crippen LogP contribution in [0.25, 0.3) is 11.3 Å². The van der Waals surface area contributed by atoms with Crippen LogP contribution in [0.1, 0.15) is 26.3 Å². The summed E-state index contributed by atoms with van der Waals surface area (Å²) >= 11 is 1.46. The molecule has 24 heavy (non-hydrogen) atoms. The smallest absolute Gasteiger partial charge is 0.302 e. The topological polar surface area (TPSA) is 78.6 Å². The van der Waals surface area contributed by atoms with Gasteiger partial charge in [-0.2, -0.15) is 10.3 Å². The summed E-state index contributed by atoms with van der Waals surface area (Å²) in [6.45, 7) is 5.85. The molecule has 2 heterocycles. The van der Waals surface area contributed by atoms with E-state index in [9.17, 15) is 4.79 Å². The lowest BCUT2D eigenvalue weighted by atomic mass is 10.1. The third kappa shape index (κ3) is 3.01. The van der Waals surface area contributed by atoms with Crippen LogP contribution in [0.3, 0.4) is 0 Å². The van der Waals surface area contributed by atoms with E-state index in [-0.39, 0.29) is 17.5 Å². The van der Waals surface area contributed by atoms with Crippen molar-refractivity contribution in [3.05, 3.63) is 35.2 Å². The predicted octanol–water partition coefficient (Wildman–Crippen LogP) is 3.20. The number of thiazole rings is 1. The van der Waals surface area contributed by atoms with Crippen LogP contribution in [0, 0.1) is 11.3 Å². The summed E-state index contributed by atoms with van der Waals surface area (Å²) in [7, 11) is 0. The average molecular weight is 340 g/mol. The summed E-state index contributed by atoms with van der Waals surface area (Å²) in [6.07, 6.45) is 0. The number of aromatic nitrogens is 1. The Morgan fingerprint density at radius 2 is 2.12 bits per heavy atom. The number of nitrogens with zero attached hydrogens (tertiary/aromatic N) is 4. The Bertz CT molecular complexity index is 846. The van der Waals surface area contributed by atoms with Gasteiger partial charge < -0.3 is 4.74 Å². The number of amides is 1. The van der Waals surface area contributed by atoms with E-state index in [4.69, 9.17) is 10.00 Å². The molecule has 7 heteroatoms. The van der Waals surface area contributed by atoms with Crippen molar-refractivity contribution in [2.75, 3.05) is 11.5 Å². The van der Waals surface area contributed by atoms with Crippen molar-refractivity contribution in [2.45, 2.75) is 26.3 Å². The molecule has 1 aliphatic heterocycles. The Morgan fingerprint density at radius 1 is 1.42 bits per heavy atom. The van der Waals surface area contributed by atoms with E-state index in [0.29, 0.717) is 12.2 Å². The van der Waals surface area contributed by atoms with Crippen LogP contribution < -0.4 is 4.90 Å². The molecule has 0 aliphatic carbocycles. The molecule has 1 fully saturated rings. The molecule has 0 atom stereocenters. The molecule has 1 saturated heterocycles. The molecule has 0 radical (unpaired) electrons. The van der Waals surface area contributed by atoms with Crippen LogP contribution in [-0.4, -0.2) is 29.1 Å². The second-order valence-electron chi connectivity index (χ2n) is 6.05. The molecular weight excluding hydrogens is 324 g/mol. The number of nitriles is 1. The highest BCUT2D eigenvalue weighted by Crippen LogP contribution is 2.35. The third-order valence-corrected chi connectivity index (χ3v) is 4.42. The molecule has 1 aliphatic rings. The zero-order valence-electron chi connectivity index (χ0n) is 13.6. The van der Waals surface area contributed by atoms with Crippen LogP contribution >= 0.6 is 11.3 Å². The van der Waals surface area contributed by atoms with E-state index < -0.39 is 0 Å². The van der Waals surface area contributed by atoms with E-state index in [1.54, 1.807) is 12.1 Å². The average Bonchev–Trinajstić information content (AvgIpc) is 3.11. The molecule has 0 unspecified atom stereocenters. The van der Waals surface area contributed by atoms with Gasteiger partial charge in [0.1, 0.15) is 6.61 Å². The largest absolute Gasteiger partial charge is 0.462 e. The summed E-state index contributed by atoms with van der Waals surface area (Å²) < 4.78 is 5.58. The van der Waals surface area contributed by atoms with Crippen molar-refractivity contribution in [3.63, 3.8) is 0 Å². The number of anilines is 1. The maximum absolute atomic E-state index is 11.3. The highest BCUT2D eigenvalue weighted by molar-refractivity contribution is 7.14. The number of carbonyl (C=O) groups excluding carboxylic acids is 1. The van der Waals surface area contributed by atoms with Gasteiger partial charge in [-0.05, 0) is 26.0 Å². The summed E-state index contributed by atoms with van der Waals surface area (Å²) in [5.41, 5.74) is 2.01. The first-order chi connectivity index (χ1) is 11.4. The van der Waals surface area contributed by atoms with Gasteiger partial charge in [0.15, 0.2) is 5.13 Å². The number of hydrogen-bond acceptors (Lipinski definition) is 5. The summed E-state index contributed by atoms with van der Waals surface area (Å²) in [5.74, 6) is -0.309. The standard InChI is InChI=1S/C17H16N4O2S/c1-11(22)19-15-21(17(2,3)10-23-15)16-20-14(9-24-16)13-6-4-12(8-18)5-7-13/h4-7,9H,10H2,1-3H3/b19-15-. The Kier molecular flexibility index (Phi) is 4.08. The van der Waals surface area contributed by atoms with Gasteiger partial charge in [0, 0.05) is 17.9 Å². The maximum atomic E-state index is 11.3. The Morgan fingerprint density at radius 3 is 2.75 bits per heavy atom. The van der Waals surface area contributed by atoms with E-state index in [0.717, 1.165) is 16.4 Å². The van der Waals surface area contributed by atoms with Gasteiger partial charge in [0.25, 0.3) is 0 Å². The van der Waals surface area contributed by atoms with Crippen molar-refractivity contribution in [1.29, 1.82) is 5.26 Å². The lowest BCUT2D eigenvalue weighted by molar-refractivity contribution is -0.115. The van der Waals surface area contributed by atoms with E-state index in [2.05, 4.69) is 16.0 Å². The molecule has 122 valence electrons. The van der Waals surface area contributed by atoms with Crippen LogP contribution in [-0.2, 0) is 9.53 Å². The molecule has 6 nitrogen and oxygen atoms in total. The Balaban J connectivity index is 1.96. The van der Waals surface area contributed by atoms with Crippen LogP contribution in [0.2, 0.25) is 0 Å². The fraction of sp³-hybridized carbons (Fsp3) is 0.294. The second kappa shape index (κ2) is 6.06. The first-order valence-corrected chi connectivity index (χ1v) is 8.27. The lowest BCUT2D eigenvalue weighted by Gasteiger charge is -2.26. The summed E-state index contributed by atoms with van der Waals surface area (Å²) in [4.78, 5) is 21.8. The molecule has 3 rings (SSSR count). The fourth-order valence-corrected chi connectivity index (χ4v) is 3.39. The monoisotopic (exact) mass is 340 g/mol. The summed E-state index contributed by atoms with van der Waals surface area (Å²) in [6, 6.07) is 9.65. The van der Waals surface area contributed by atoms with Gasteiger partial charge in [-0.1, -0.05) is 12.1 Å². The van der Waals surface area contributed by atoms with Gasteiger partial charge in [0.05, 0.1) is 22.9 Å². The third-order valence-electron chi connectivity index (χ3n) is 3.60. The molecule has 0 spiro atoms. The quantitative estimate of drug-likeness (QED) is 0.839. The van der Waals surface area contributed by atoms with E-state index in [1.165, 1.54) is 18.3 Å². The maximum Gasteiger partial charge on any atom is 0.302 e. The molecule has 1 aromatic heterocycles. The minimum absolute atomic E-state index is 0.285. The lowest BCUT2D eigenvalue weighted by Crippen LogP contribution is -2.42. The van der Waals surface area contributed by atoms with Crippen molar-refractivity contribution >= 4 is 28.4 Å². The van der Waals surface area contributed by atoms with Crippen molar-refractivity contribution in [1.82, 2.24) is 4.98 Å². The number of hydrogen-bond donors (Lipinski definition) is 0. The van der Waals surface area contributed by atoms with Gasteiger partial charge in [-0.3, -0.25) is 9.69 Å². The molecule has 0 saturated carbocycles. The number of carbonyl (C=O) groups is 1. The number of aliphatic imine (C=N–C) groups is 1. The van der Waals surface area contributed by atoms with Crippen molar-refractivity contribution in [2.24, 2.45) is 4.99 Å². The number of ether oxygens (including phenoxy) is 1. The Hall–Kier alpha value is -2.72. The highest BCUT2D eigenvalue weighted by Gasteiger charge is 2.41. The zero-order chi connectivity index (χ0) is 17.3. The minimum atomic E-state index is -0.339. The molecule has 0 N–H and O–H groups in total. The van der Waals surface area contributed by atoms with E-state index in [1.807, 2.05) is 36.3 Å². The SMILES string of the molecule is CC(=O)/N=C1\OCC(C)(C)N1c1nc(-c2ccc(C#N)cc2)cs1. The van der Waals surface area contributed by atoms with Gasteiger partial charge >= 0.3 is 6.02 Å². The fourth-order valence-electron chi connectivity index (χ4n) is 2.40. The molecule has 2 aromatic rings. The normalized spacial score (nSPS) is 17.6. The first-order valence-electron chi connectivity index (χ1n) is 7.39. The zero-order valence-corrected chi connectivity index (χ0v) is 14.4. The predicted molar refractivity (Wildman–Crippen MR) is 92.9 cm³/mol. The summed E-state index contributed by atoms with van der Waals surface area (Å²) in [5, 5.41) is 11.5. The van der Waals surface area contributed by atoms with Crippen molar-refractivity contribution in [3.8, 4) is 17.3 Å². The van der Waals surface area contributed by atoms with Crippen LogP contribution in [0.5, 0.6) is 0 Å². The van der Waals surface area contributed by atoms with Crippen LogP contribution in [0.15, 0.2) is 34.6 Å². The number of rotatable bonds is 2. The molecule has 1 aromatic carbocycles. The molecular formula is C17H16N4O2S. The molecule has 0 bridgehead atoms. The number of benzene rings is 1.